The first-order valence-corrected chi connectivity index (χ1v) is 11.3. The van der Waals surface area contributed by atoms with Crippen LogP contribution in [-0.2, 0) is 20.0 Å². The fourth-order valence-corrected chi connectivity index (χ4v) is 3.71. The number of hydrogen-bond donors (Lipinski definition) is 2. The van der Waals surface area contributed by atoms with Crippen LogP contribution in [-0.4, -0.2) is 43.0 Å². The fourth-order valence-electron chi connectivity index (χ4n) is 3.71. The molecule has 9 heteroatoms. The Hall–Kier alpha value is -4.01. The highest BCUT2D eigenvalue weighted by molar-refractivity contribution is 6.10. The van der Waals surface area contributed by atoms with Crippen LogP contribution >= 0.6 is 0 Å². The maximum atomic E-state index is 13.3. The summed E-state index contributed by atoms with van der Waals surface area (Å²) in [7, 11) is 6.43. The number of aromatic nitrogens is 2. The number of nitrogens with one attached hydrogen (secondary N) is 2. The van der Waals surface area contributed by atoms with Crippen LogP contribution in [0.1, 0.15) is 39.8 Å². The van der Waals surface area contributed by atoms with Crippen molar-refractivity contribution in [2.45, 2.75) is 33.7 Å². The van der Waals surface area contributed by atoms with Gasteiger partial charge in [0, 0.05) is 29.6 Å². The van der Waals surface area contributed by atoms with Crippen LogP contribution in [0.2, 0.25) is 0 Å². The zero-order valence-electron chi connectivity index (χ0n) is 21.4. The summed E-state index contributed by atoms with van der Waals surface area (Å²) in [6.07, 6.45) is 0.897. The Balaban J connectivity index is 1.94. The van der Waals surface area contributed by atoms with E-state index in [-0.39, 0.29) is 5.91 Å². The van der Waals surface area contributed by atoms with Gasteiger partial charge in [-0.1, -0.05) is 19.1 Å². The summed E-state index contributed by atoms with van der Waals surface area (Å²) in [5.74, 6) is 1.14. The van der Waals surface area contributed by atoms with E-state index in [1.165, 1.54) is 26.9 Å². The smallest absolute Gasteiger partial charge is 0.258 e. The van der Waals surface area contributed by atoms with Gasteiger partial charge in [-0.05, 0) is 50.1 Å². The predicted octanol–water partition coefficient (Wildman–Crippen LogP) is 4.02. The topological polar surface area (TPSA) is 99.0 Å². The summed E-state index contributed by atoms with van der Waals surface area (Å²) in [5, 5.41) is 10.6. The van der Waals surface area contributed by atoms with E-state index < -0.39 is 0 Å². The summed E-state index contributed by atoms with van der Waals surface area (Å²) in [6.45, 7) is 6.40. The lowest BCUT2D eigenvalue weighted by Crippen LogP contribution is -2.36. The Morgan fingerprint density at radius 2 is 1.74 bits per heavy atom. The van der Waals surface area contributed by atoms with Gasteiger partial charge < -0.3 is 19.5 Å². The molecule has 0 aliphatic rings. The molecule has 0 unspecified atom stereocenters. The monoisotopic (exact) mass is 479 g/mol. The van der Waals surface area contributed by atoms with E-state index in [1.54, 1.807) is 12.1 Å². The quantitative estimate of drug-likeness (QED) is 0.374. The standard InChI is InChI=1S/C26H33N5O4/c1-8-18-10-9-11-20(12-18)28-26(27-15-21-16(2)30-31(4)17(21)3)29-25(32)19-13-22(33-5)24(35-7)23(14-19)34-6/h9-14H,8,15H2,1-7H3,(H2,27,28,29,32). The van der Waals surface area contributed by atoms with Crippen molar-refractivity contribution in [3.63, 3.8) is 0 Å². The van der Waals surface area contributed by atoms with E-state index in [1.807, 2.05) is 43.8 Å². The predicted molar refractivity (Wildman–Crippen MR) is 137 cm³/mol. The van der Waals surface area contributed by atoms with Crippen LogP contribution < -0.4 is 24.8 Å². The highest BCUT2D eigenvalue weighted by atomic mass is 16.5. The number of guanidine groups is 1. The van der Waals surface area contributed by atoms with Crippen LogP contribution in [0.5, 0.6) is 17.2 Å². The molecule has 186 valence electrons. The van der Waals surface area contributed by atoms with E-state index >= 15 is 0 Å². The number of amides is 1. The molecule has 0 fully saturated rings. The number of anilines is 1. The van der Waals surface area contributed by atoms with Gasteiger partial charge in [0.1, 0.15) is 0 Å². The molecule has 9 nitrogen and oxygen atoms in total. The van der Waals surface area contributed by atoms with E-state index in [2.05, 4.69) is 28.7 Å². The van der Waals surface area contributed by atoms with Gasteiger partial charge in [0.25, 0.3) is 5.91 Å². The molecular weight excluding hydrogens is 446 g/mol. The van der Waals surface area contributed by atoms with Crippen molar-refractivity contribution < 1.29 is 19.0 Å². The summed E-state index contributed by atoms with van der Waals surface area (Å²) >= 11 is 0. The van der Waals surface area contributed by atoms with Crippen LogP contribution in [0.15, 0.2) is 41.4 Å². The third kappa shape index (κ3) is 5.92. The minimum absolute atomic E-state index is 0.319. The second-order valence-electron chi connectivity index (χ2n) is 7.98. The zero-order valence-corrected chi connectivity index (χ0v) is 21.4. The Kier molecular flexibility index (Phi) is 8.35. The van der Waals surface area contributed by atoms with Crippen molar-refractivity contribution in [1.82, 2.24) is 15.1 Å². The SMILES string of the molecule is CCc1cccc(NC(=NCc2c(C)nn(C)c2C)NC(=O)c2cc(OC)c(OC)c(OC)c2)c1. The molecule has 0 atom stereocenters. The van der Waals surface area contributed by atoms with Crippen molar-refractivity contribution in [3.05, 3.63) is 64.5 Å². The molecule has 3 rings (SSSR count). The number of methoxy groups -OCH3 is 3. The van der Waals surface area contributed by atoms with Crippen LogP contribution in [0.3, 0.4) is 0 Å². The van der Waals surface area contributed by atoms with Gasteiger partial charge in [-0.25, -0.2) is 4.99 Å². The molecule has 0 bridgehead atoms. The molecule has 1 aromatic heterocycles. The molecule has 3 aromatic rings. The largest absolute Gasteiger partial charge is 0.493 e. The maximum absolute atomic E-state index is 13.3. The van der Waals surface area contributed by atoms with Crippen molar-refractivity contribution >= 4 is 17.6 Å². The van der Waals surface area contributed by atoms with Crippen molar-refractivity contribution in [1.29, 1.82) is 0 Å². The van der Waals surface area contributed by atoms with Crippen LogP contribution in [0.25, 0.3) is 0 Å². The second-order valence-corrected chi connectivity index (χ2v) is 7.98. The van der Waals surface area contributed by atoms with E-state index in [4.69, 9.17) is 19.2 Å². The minimum atomic E-state index is -0.373. The van der Waals surface area contributed by atoms with Gasteiger partial charge in [-0.15, -0.1) is 0 Å². The number of nitrogens with zero attached hydrogens (tertiary/aromatic N) is 3. The highest BCUT2D eigenvalue weighted by Gasteiger charge is 2.18. The lowest BCUT2D eigenvalue weighted by molar-refractivity contribution is 0.0976. The van der Waals surface area contributed by atoms with Crippen LogP contribution in [0, 0.1) is 13.8 Å². The molecule has 2 aromatic carbocycles. The number of ether oxygens (including phenoxy) is 3. The highest BCUT2D eigenvalue weighted by Crippen LogP contribution is 2.38. The molecule has 0 saturated heterocycles. The van der Waals surface area contributed by atoms with Gasteiger partial charge in [0.15, 0.2) is 11.5 Å². The fraction of sp³-hybridized carbons (Fsp3) is 0.346. The molecule has 0 aliphatic carbocycles. The van der Waals surface area contributed by atoms with Gasteiger partial charge >= 0.3 is 0 Å². The number of rotatable bonds is 8. The number of aliphatic imine (C=N–C) groups is 1. The molecule has 0 spiro atoms. The summed E-state index contributed by atoms with van der Waals surface area (Å²) < 4.78 is 18.0. The van der Waals surface area contributed by atoms with Crippen molar-refractivity contribution in [2.24, 2.45) is 12.0 Å². The van der Waals surface area contributed by atoms with Gasteiger partial charge in [0.2, 0.25) is 11.7 Å². The minimum Gasteiger partial charge on any atom is -0.493 e. The molecular formula is C26H33N5O4. The maximum Gasteiger partial charge on any atom is 0.258 e. The molecule has 0 radical (unpaired) electrons. The number of hydrogen-bond acceptors (Lipinski definition) is 6. The average molecular weight is 480 g/mol. The van der Waals surface area contributed by atoms with Crippen LogP contribution in [0.4, 0.5) is 5.69 Å². The third-order valence-corrected chi connectivity index (χ3v) is 5.81. The summed E-state index contributed by atoms with van der Waals surface area (Å²) in [5.41, 5.74) is 5.27. The van der Waals surface area contributed by atoms with E-state index in [9.17, 15) is 4.79 Å². The molecule has 1 heterocycles. The third-order valence-electron chi connectivity index (χ3n) is 5.81. The Labute approximate surface area is 206 Å². The molecule has 0 aliphatic heterocycles. The Bertz CT molecular complexity index is 1210. The first-order valence-electron chi connectivity index (χ1n) is 11.3. The van der Waals surface area contributed by atoms with Crippen molar-refractivity contribution in [2.75, 3.05) is 26.6 Å². The molecule has 35 heavy (non-hydrogen) atoms. The first-order chi connectivity index (χ1) is 16.8. The van der Waals surface area contributed by atoms with Gasteiger partial charge in [-0.3, -0.25) is 14.8 Å². The normalized spacial score (nSPS) is 11.2. The lowest BCUT2D eigenvalue weighted by atomic mass is 10.1. The number of carbonyl (C=O) groups is 1. The van der Waals surface area contributed by atoms with Gasteiger partial charge in [-0.2, -0.15) is 5.10 Å². The molecule has 0 saturated carbocycles. The number of benzene rings is 2. The van der Waals surface area contributed by atoms with Crippen molar-refractivity contribution in [3.8, 4) is 17.2 Å². The van der Waals surface area contributed by atoms with E-state index in [0.29, 0.717) is 35.3 Å². The Morgan fingerprint density at radius 3 is 2.29 bits per heavy atom. The summed E-state index contributed by atoms with van der Waals surface area (Å²) in [4.78, 5) is 18.0. The Morgan fingerprint density at radius 1 is 1.06 bits per heavy atom. The summed E-state index contributed by atoms with van der Waals surface area (Å²) in [6, 6.07) is 11.2. The lowest BCUT2D eigenvalue weighted by Gasteiger charge is -2.16. The average Bonchev–Trinajstić information content (AvgIpc) is 3.11. The molecule has 2 N–H and O–H groups in total. The van der Waals surface area contributed by atoms with E-state index in [0.717, 1.165) is 29.1 Å². The first kappa shape index (κ1) is 25.6. The molecule has 1 amide bonds. The number of aryl methyl sites for hydroxylation is 3. The second kappa shape index (κ2) is 11.4. The van der Waals surface area contributed by atoms with Gasteiger partial charge in [0.05, 0.1) is 33.6 Å². The number of carbonyl (C=O) groups excluding carboxylic acids is 1. The zero-order chi connectivity index (χ0) is 25.5.